The Labute approximate surface area is 814 Å². The number of hydrogen-bond donors (Lipinski definition) is 2. The Hall–Kier alpha value is -0.108. The van der Waals surface area contributed by atoms with Crippen LogP contribution in [0.5, 0.6) is 23.0 Å². The number of halogens is 4. The van der Waals surface area contributed by atoms with Gasteiger partial charge in [0, 0.05) is 138 Å². The van der Waals surface area contributed by atoms with Gasteiger partial charge in [-0.15, -0.1) is 0 Å². The van der Waals surface area contributed by atoms with Gasteiger partial charge in [0.05, 0.1) is 75.8 Å². The summed E-state index contributed by atoms with van der Waals surface area (Å²) in [6.45, 7) is 26.5. The molecule has 688 valence electrons. The van der Waals surface area contributed by atoms with Gasteiger partial charge in [-0.2, -0.15) is 36.4 Å². The summed E-state index contributed by atoms with van der Waals surface area (Å²) in [7, 11) is -8.98. The van der Waals surface area contributed by atoms with Crippen LogP contribution in [0.3, 0.4) is 0 Å². The predicted molar refractivity (Wildman–Crippen MR) is 451 cm³/mol. The summed E-state index contributed by atoms with van der Waals surface area (Å²) in [5.41, 5.74) is 1.90. The van der Waals surface area contributed by atoms with Gasteiger partial charge in [0.1, 0.15) is 0 Å². The Balaban J connectivity index is -0.000000171. The molecule has 0 aliphatic heterocycles. The molecule has 0 radical (unpaired) electrons. The molecule has 6 aromatic rings. The van der Waals surface area contributed by atoms with Crippen molar-refractivity contribution in [1.82, 2.24) is 0 Å². The molecule has 2 saturated carbocycles. The quantitative estimate of drug-likeness (QED) is 0.0171. The Morgan fingerprint density at radius 1 is 0.319 bits per heavy atom. The fraction of sp³-hybridized carbons (Fsp3) is 0.500. The Bertz CT molecular complexity index is 2770. The van der Waals surface area contributed by atoms with Crippen molar-refractivity contribution in [2.24, 2.45) is 20.0 Å². The fourth-order valence-electron chi connectivity index (χ4n) is 8.19. The first-order chi connectivity index (χ1) is 54.9. The average Bonchev–Trinajstić information content (AvgIpc) is 1.27. The summed E-state index contributed by atoms with van der Waals surface area (Å²) in [6.07, 6.45) is 14.2. The minimum absolute atomic E-state index is 0. The van der Waals surface area contributed by atoms with E-state index in [2.05, 4.69) is 74.3 Å². The second-order valence-corrected chi connectivity index (χ2v) is 28.5. The van der Waals surface area contributed by atoms with Crippen LogP contribution in [0, 0.1) is 75.5 Å². The Kier molecular flexibility index (Phi) is 113. The second kappa shape index (κ2) is 98.5. The van der Waals surface area contributed by atoms with Gasteiger partial charge >= 0.3 is 109 Å². The molecule has 0 amide bonds. The van der Waals surface area contributed by atoms with Crippen LogP contribution in [-0.2, 0) is 87.8 Å². The van der Waals surface area contributed by atoms with Crippen LogP contribution in [0.4, 0.5) is 0 Å². The predicted octanol–water partition coefficient (Wildman–Crippen LogP) is 13.1. The monoisotopic (exact) mass is 2260 g/mol. The van der Waals surface area contributed by atoms with Crippen LogP contribution in [-0.4, -0.2) is 158 Å². The number of rotatable bonds is 32. The molecule has 0 saturated heterocycles. The van der Waals surface area contributed by atoms with Crippen molar-refractivity contribution >= 4 is 123 Å². The first-order valence-electron chi connectivity index (χ1n) is 36.5. The SMILES string of the molecule is CCOP([O-])OCC.CCOP([O-])OCC.CCOP([O-])OCC.CCOP([O-])OCC.CCOP([O-])OCC.CCOP([O-])OCC.CO.CO.O.[Co+3].[Co+3].[Ho+3].[Ho+3].[O-]c1ccc(Cl)cc1C=N[C@H]1CCCC[C@@H]1N=Cc1cc(Cl)ccc1[O-].[O-]c1ccc(Cl)cc1C=N[C@H]1CCCC[C@@H]1N=Cc1cc(Cl)ccc1[O-].c1cc[cH-]c1.c1cc[cH-]c1. The molecule has 8 rings (SSSR count). The van der Waals surface area contributed by atoms with E-state index >= 15 is 0 Å². The van der Waals surface area contributed by atoms with Gasteiger partial charge in [-0.3, -0.25) is 20.0 Å². The number of aliphatic hydroxyl groups is 2. The molecule has 119 heavy (non-hydrogen) atoms. The zero-order valence-electron chi connectivity index (χ0n) is 69.1. The number of aliphatic hydroxyl groups excluding tert-OH is 2. The van der Waals surface area contributed by atoms with Crippen LogP contribution >= 0.6 is 98.0 Å². The zero-order chi connectivity index (χ0) is 86.5. The molecule has 4 atom stereocenters. The van der Waals surface area contributed by atoms with E-state index in [0.717, 1.165) is 65.6 Å². The molecule has 6 aromatic carbocycles. The van der Waals surface area contributed by atoms with Gasteiger partial charge in [-0.05, 0) is 180 Å². The van der Waals surface area contributed by atoms with E-state index in [1.54, 1.807) is 156 Å². The molecule has 29 nitrogen and oxygen atoms in total. The normalized spacial score (nSPS) is 14.1. The number of benzene rings is 4. The molecule has 0 heterocycles. The van der Waals surface area contributed by atoms with Gasteiger partial charge in [-0.1, -0.05) is 119 Å². The summed E-state index contributed by atoms with van der Waals surface area (Å²) in [5, 5.41) is 63.5. The molecule has 2 fully saturated rings. The Morgan fingerprint density at radius 2 is 0.462 bits per heavy atom. The zero-order valence-corrected chi connectivity index (χ0v) is 83.4. The number of hydrogen-bond acceptors (Lipinski definition) is 28. The van der Waals surface area contributed by atoms with E-state index in [1.165, 1.54) is 24.3 Å². The van der Waals surface area contributed by atoms with Crippen LogP contribution in [0.2, 0.25) is 20.1 Å². The van der Waals surface area contributed by atoms with Gasteiger partial charge < -0.3 is 120 Å². The first kappa shape index (κ1) is 137. The third-order valence-corrected chi connectivity index (χ3v) is 19.4. The average molecular weight is 2260 g/mol. The van der Waals surface area contributed by atoms with Crippen molar-refractivity contribution in [2.75, 3.05) is 93.5 Å². The van der Waals surface area contributed by atoms with Gasteiger partial charge in [0.2, 0.25) is 0 Å². The maximum Gasteiger partial charge on any atom is 3.00 e. The second-order valence-electron chi connectivity index (χ2n) is 21.0. The maximum atomic E-state index is 11.9. The number of nitrogens with zero attached hydrogens (tertiary/aromatic N) is 4. The molecule has 2 aliphatic carbocycles. The molecule has 0 bridgehead atoms. The van der Waals surface area contributed by atoms with E-state index in [9.17, 15) is 49.8 Å². The van der Waals surface area contributed by atoms with Crippen molar-refractivity contribution in [3.8, 4) is 23.0 Å². The fourth-order valence-corrected chi connectivity index (χ4v) is 11.9. The van der Waals surface area contributed by atoms with Gasteiger partial charge in [0.15, 0.2) is 0 Å². The molecule has 4 N–H and O–H groups in total. The van der Waals surface area contributed by atoms with E-state index in [4.69, 9.17) is 56.6 Å². The Morgan fingerprint density at radius 3 is 0.580 bits per heavy atom. The van der Waals surface area contributed by atoms with Crippen molar-refractivity contribution in [3.05, 3.63) is 176 Å². The standard InChI is InChI=1S/2C20H20Cl2N2O2.2C5H5.6C4H10O3P.2CH4O.2Co.2Ho.H2O/c2*21-15-5-7-19(25)13(9-15)11-23-17-3-1-2-4-18(17)24-12-14-10-16(22)6-8-20(14)26;2*1-2-4-5-3-1;6*1-3-6-8(5)7-4-2;2*1-2;;;;;/h2*5-12,17-18,25-26H,1-4H2;2*1-5H;6*3-4H2,1-2H3;2*2H,1H3;;;;;1H2/q;;8*-1;;;4*+3;/p-4/t2*17-,18-;;;;;;;;;;;;;;;/m00.............../s1. The summed E-state index contributed by atoms with van der Waals surface area (Å²) in [6, 6.07) is 38.4. The van der Waals surface area contributed by atoms with E-state index < -0.39 is 51.6 Å². The molecule has 0 spiro atoms. The van der Waals surface area contributed by atoms with Crippen molar-refractivity contribution < 1.29 is 229 Å². The first-order valence-corrected chi connectivity index (χ1v) is 44.6. The molecular weight excluding hydrogens is 2140 g/mol. The molecule has 0 aromatic heterocycles. The summed E-state index contributed by atoms with van der Waals surface area (Å²) >= 11 is 23.8. The third kappa shape index (κ3) is 80.9. The smallest absolute Gasteiger partial charge is 0.872 e. The van der Waals surface area contributed by atoms with Gasteiger partial charge in [-0.25, -0.2) is 24.3 Å². The van der Waals surface area contributed by atoms with Crippen molar-refractivity contribution in [2.45, 2.75) is 159 Å². The topological polar surface area (TPSA) is 463 Å². The van der Waals surface area contributed by atoms with Crippen molar-refractivity contribution in [3.63, 3.8) is 0 Å². The van der Waals surface area contributed by atoms with Crippen LogP contribution in [0.1, 0.15) is 157 Å². The van der Waals surface area contributed by atoms with Crippen molar-refractivity contribution in [1.29, 1.82) is 0 Å². The molecule has 0 unspecified atom stereocenters. The van der Waals surface area contributed by atoms with Gasteiger partial charge in [0.25, 0.3) is 0 Å². The van der Waals surface area contributed by atoms with E-state index in [0.29, 0.717) is 122 Å². The minimum Gasteiger partial charge on any atom is -0.872 e. The van der Waals surface area contributed by atoms with Crippen LogP contribution < -0.4 is 49.8 Å². The maximum absolute atomic E-state index is 11.9. The van der Waals surface area contributed by atoms with E-state index in [1.807, 2.05) is 60.7 Å². The molecule has 2 aliphatic rings. The molecular formula is C76H116Cl4Co2Ho2N4O25P6. The summed E-state index contributed by atoms with van der Waals surface area (Å²) < 4.78 is 54.8. The molecule has 43 heteroatoms. The van der Waals surface area contributed by atoms with Crippen LogP contribution in [0.25, 0.3) is 0 Å². The summed E-state index contributed by atoms with van der Waals surface area (Å²) in [5.74, 6) is -0.430. The number of aliphatic imine (C=N–C) groups is 4. The third-order valence-electron chi connectivity index (χ3n) is 12.8. The minimum atomic E-state index is -1.83. The summed E-state index contributed by atoms with van der Waals surface area (Å²) in [4.78, 5) is 80.4. The van der Waals surface area contributed by atoms with Crippen LogP contribution in [0.15, 0.2) is 153 Å². The van der Waals surface area contributed by atoms with E-state index in [-0.39, 0.29) is 162 Å². The largest absolute Gasteiger partial charge is 3.00 e.